The lowest BCUT2D eigenvalue weighted by Gasteiger charge is -2.18. The quantitative estimate of drug-likeness (QED) is 0.371. The fraction of sp³-hybridized carbons (Fsp3) is 0.333. The molecule has 0 bridgehead atoms. The Hall–Kier alpha value is -4.20. The largest absolute Gasteiger partial charge is 0.493 e. The highest BCUT2D eigenvalue weighted by atomic mass is 16.6. The average Bonchev–Trinajstić information content (AvgIpc) is 3.27. The van der Waals surface area contributed by atoms with Gasteiger partial charge in [0.05, 0.1) is 39.9 Å². The van der Waals surface area contributed by atoms with Crippen LogP contribution >= 0.6 is 0 Å². The van der Waals surface area contributed by atoms with Crippen molar-refractivity contribution in [2.75, 3.05) is 27.9 Å². The molecule has 0 unspecified atom stereocenters. The van der Waals surface area contributed by atoms with E-state index in [9.17, 15) is 9.59 Å². The first-order valence-corrected chi connectivity index (χ1v) is 12.5. The van der Waals surface area contributed by atoms with Crippen LogP contribution in [0, 0.1) is 11.8 Å². The molecule has 0 radical (unpaired) electrons. The lowest BCUT2D eigenvalue weighted by molar-refractivity contribution is -0.141. The number of hydrogen-bond donors (Lipinski definition) is 1. The predicted octanol–water partition coefficient (Wildman–Crippen LogP) is 5.14. The minimum atomic E-state index is -0.582. The zero-order valence-electron chi connectivity index (χ0n) is 22.1. The number of cyclic esters (lactones) is 1. The Morgan fingerprint density at radius 2 is 1.47 bits per heavy atom. The molecule has 0 aliphatic carbocycles. The first-order chi connectivity index (χ1) is 18.4. The van der Waals surface area contributed by atoms with Gasteiger partial charge in [-0.1, -0.05) is 42.5 Å². The van der Waals surface area contributed by atoms with Crippen molar-refractivity contribution in [3.63, 3.8) is 0 Å². The molecule has 8 heteroatoms. The molecular weight excluding hydrogens is 486 g/mol. The van der Waals surface area contributed by atoms with E-state index in [1.54, 1.807) is 26.4 Å². The second kappa shape index (κ2) is 12.4. The zero-order chi connectivity index (χ0) is 27.1. The third-order valence-corrected chi connectivity index (χ3v) is 6.78. The number of nitrogens with one attached hydrogen (secondary N) is 1. The van der Waals surface area contributed by atoms with Gasteiger partial charge < -0.3 is 29.0 Å². The predicted molar refractivity (Wildman–Crippen MR) is 142 cm³/mol. The van der Waals surface area contributed by atoms with Crippen molar-refractivity contribution in [1.29, 1.82) is 0 Å². The molecule has 1 fully saturated rings. The number of ether oxygens (including phenoxy) is 5. The Kier molecular flexibility index (Phi) is 8.73. The number of esters is 1. The van der Waals surface area contributed by atoms with Crippen molar-refractivity contribution in [3.05, 3.63) is 83.4 Å². The van der Waals surface area contributed by atoms with Crippen LogP contribution in [0.15, 0.2) is 66.7 Å². The van der Waals surface area contributed by atoms with Crippen LogP contribution < -0.4 is 24.3 Å². The molecule has 3 aromatic carbocycles. The molecule has 38 heavy (non-hydrogen) atoms. The Labute approximate surface area is 222 Å². The van der Waals surface area contributed by atoms with Crippen LogP contribution in [0.2, 0.25) is 0 Å². The number of rotatable bonds is 10. The summed E-state index contributed by atoms with van der Waals surface area (Å²) in [4.78, 5) is 25.1. The summed E-state index contributed by atoms with van der Waals surface area (Å²) in [6, 6.07) is 20.5. The molecule has 1 heterocycles. The molecular formula is C30H33NO7. The van der Waals surface area contributed by atoms with Crippen LogP contribution in [0.4, 0.5) is 4.79 Å². The second-order valence-corrected chi connectivity index (χ2v) is 9.25. The van der Waals surface area contributed by atoms with Gasteiger partial charge in [-0.3, -0.25) is 4.79 Å². The van der Waals surface area contributed by atoms with E-state index in [4.69, 9.17) is 23.7 Å². The first-order valence-electron chi connectivity index (χ1n) is 12.5. The highest BCUT2D eigenvalue weighted by Gasteiger charge is 2.37. The van der Waals surface area contributed by atoms with Gasteiger partial charge >= 0.3 is 12.1 Å². The Balaban J connectivity index is 1.42. The van der Waals surface area contributed by atoms with E-state index in [2.05, 4.69) is 5.32 Å². The van der Waals surface area contributed by atoms with Gasteiger partial charge in [0.25, 0.3) is 0 Å². The topological polar surface area (TPSA) is 92.3 Å². The number of benzene rings is 3. The minimum Gasteiger partial charge on any atom is -0.493 e. The summed E-state index contributed by atoms with van der Waals surface area (Å²) in [6.07, 6.45) is 0.557. The molecule has 3 atom stereocenters. The number of carbonyl (C=O) groups is 2. The van der Waals surface area contributed by atoms with Gasteiger partial charge in [0.2, 0.25) is 0 Å². The molecule has 8 nitrogen and oxygen atoms in total. The molecule has 1 aliphatic rings. The average molecular weight is 520 g/mol. The molecule has 0 saturated carbocycles. The van der Waals surface area contributed by atoms with Crippen molar-refractivity contribution >= 4 is 12.1 Å². The molecule has 1 aliphatic heterocycles. The fourth-order valence-corrected chi connectivity index (χ4v) is 4.67. The monoisotopic (exact) mass is 519 g/mol. The van der Waals surface area contributed by atoms with Gasteiger partial charge in [0.1, 0.15) is 0 Å². The Bertz CT molecular complexity index is 1260. The van der Waals surface area contributed by atoms with Crippen LogP contribution in [0.3, 0.4) is 0 Å². The maximum atomic E-state index is 12.6. The van der Waals surface area contributed by atoms with Gasteiger partial charge in [-0.2, -0.15) is 0 Å². The second-order valence-electron chi connectivity index (χ2n) is 9.25. The number of amides is 1. The smallest absolute Gasteiger partial charge is 0.413 e. The first kappa shape index (κ1) is 26.9. The van der Waals surface area contributed by atoms with Crippen LogP contribution in [-0.4, -0.2) is 40.0 Å². The van der Waals surface area contributed by atoms with Crippen molar-refractivity contribution in [2.24, 2.45) is 11.8 Å². The van der Waals surface area contributed by atoms with Crippen molar-refractivity contribution in [2.45, 2.75) is 25.8 Å². The molecule has 0 aromatic heterocycles. The maximum absolute atomic E-state index is 12.6. The number of carbonyl (C=O) groups excluding carboxylic acids is 2. The molecule has 1 amide bonds. The summed E-state index contributed by atoms with van der Waals surface area (Å²) in [5.41, 5.74) is 2.89. The lowest BCUT2D eigenvalue weighted by Crippen LogP contribution is -2.29. The van der Waals surface area contributed by atoms with Gasteiger partial charge in [0.15, 0.2) is 23.0 Å². The van der Waals surface area contributed by atoms with Gasteiger partial charge in [0, 0.05) is 5.92 Å². The van der Waals surface area contributed by atoms with Gasteiger partial charge in [-0.25, -0.2) is 4.79 Å². The van der Waals surface area contributed by atoms with Crippen LogP contribution in [-0.2, 0) is 22.4 Å². The molecule has 200 valence electrons. The third kappa shape index (κ3) is 6.37. The van der Waals surface area contributed by atoms with E-state index in [1.165, 1.54) is 7.11 Å². The Morgan fingerprint density at radius 1 is 0.868 bits per heavy atom. The minimum absolute atomic E-state index is 0.00720. The van der Waals surface area contributed by atoms with Crippen LogP contribution in [0.1, 0.15) is 29.7 Å². The highest BCUT2D eigenvalue weighted by molar-refractivity contribution is 5.75. The van der Waals surface area contributed by atoms with E-state index in [0.29, 0.717) is 42.4 Å². The summed E-state index contributed by atoms with van der Waals surface area (Å²) in [7, 11) is 4.71. The van der Waals surface area contributed by atoms with Gasteiger partial charge in [-0.15, -0.1) is 0 Å². The number of hydrogen-bond acceptors (Lipinski definition) is 7. The standard InChI is InChI=1S/C30H33NO7/c1-19(22-8-6-5-7-9-22)31-30(33)38-26-13-11-21(17-28(26)36-4)15-24-23(18-37-29(24)32)14-20-10-12-25(34-2)27(16-20)35-3/h5-13,16-17,19,23-24H,14-15,18H2,1-4H3,(H,31,33)/t19-,23-,24+/m0/s1. The molecule has 0 spiro atoms. The van der Waals surface area contributed by atoms with Crippen LogP contribution in [0.5, 0.6) is 23.0 Å². The molecule has 1 N–H and O–H groups in total. The summed E-state index contributed by atoms with van der Waals surface area (Å²) < 4.78 is 27.2. The van der Waals surface area contributed by atoms with Crippen molar-refractivity contribution in [1.82, 2.24) is 5.32 Å². The lowest BCUT2D eigenvalue weighted by atomic mass is 9.85. The van der Waals surface area contributed by atoms with Gasteiger partial charge in [-0.05, 0) is 60.7 Å². The zero-order valence-corrected chi connectivity index (χ0v) is 22.1. The Morgan fingerprint density at radius 3 is 2.13 bits per heavy atom. The summed E-state index contributed by atoms with van der Waals surface area (Å²) >= 11 is 0. The molecule has 3 aromatic rings. The molecule has 1 saturated heterocycles. The van der Waals surface area contributed by atoms with E-state index < -0.39 is 6.09 Å². The SMILES string of the molecule is COc1ccc(C[C@H]2COC(=O)[C@@H]2Cc2ccc(OC(=O)N[C@@H](C)c3ccccc3)c(OC)c2)cc1OC. The van der Waals surface area contributed by atoms with E-state index in [0.717, 1.165) is 16.7 Å². The summed E-state index contributed by atoms with van der Waals surface area (Å²) in [5.74, 6) is 1.49. The fourth-order valence-electron chi connectivity index (χ4n) is 4.67. The highest BCUT2D eigenvalue weighted by Crippen LogP contribution is 2.35. The van der Waals surface area contributed by atoms with Crippen molar-refractivity contribution in [3.8, 4) is 23.0 Å². The van der Waals surface area contributed by atoms with E-state index in [-0.39, 0.29) is 23.8 Å². The van der Waals surface area contributed by atoms with Crippen molar-refractivity contribution < 1.29 is 33.3 Å². The summed E-state index contributed by atoms with van der Waals surface area (Å²) in [6.45, 7) is 2.24. The molecule has 4 rings (SSSR count). The van der Waals surface area contributed by atoms with E-state index in [1.807, 2.05) is 61.5 Å². The maximum Gasteiger partial charge on any atom is 0.413 e. The summed E-state index contributed by atoms with van der Waals surface area (Å²) in [5, 5.41) is 2.82. The van der Waals surface area contributed by atoms with E-state index >= 15 is 0 Å². The normalized spacial score (nSPS) is 17.3. The number of methoxy groups -OCH3 is 3. The van der Waals surface area contributed by atoms with Crippen LogP contribution in [0.25, 0.3) is 0 Å². The third-order valence-electron chi connectivity index (χ3n) is 6.78.